The van der Waals surface area contributed by atoms with Gasteiger partial charge < -0.3 is 5.73 Å². The van der Waals surface area contributed by atoms with E-state index in [1.807, 2.05) is 42.5 Å². The lowest BCUT2D eigenvalue weighted by molar-refractivity contribution is -0.117. The van der Waals surface area contributed by atoms with Crippen molar-refractivity contribution in [3.05, 3.63) is 48.0 Å². The highest BCUT2D eigenvalue weighted by Crippen LogP contribution is 2.21. The van der Waals surface area contributed by atoms with Gasteiger partial charge in [0.05, 0.1) is 12.1 Å². The minimum absolute atomic E-state index is 0.00371. The highest BCUT2D eigenvalue weighted by molar-refractivity contribution is 7.95. The molecule has 2 aromatic carbocycles. The summed E-state index contributed by atoms with van der Waals surface area (Å²) in [7, 11) is 0. The first-order chi connectivity index (χ1) is 8.20. The van der Waals surface area contributed by atoms with Crippen LogP contribution in [0.15, 0.2) is 42.5 Å². The first kappa shape index (κ1) is 11.9. The second-order valence-corrected chi connectivity index (χ2v) is 4.61. The van der Waals surface area contributed by atoms with Crippen molar-refractivity contribution in [3.8, 4) is 0 Å². The van der Waals surface area contributed by atoms with Gasteiger partial charge in [-0.3, -0.25) is 4.79 Å². The number of rotatable bonds is 4. The SMILES string of the molecule is NC(=O)[C@H](Cc1ccc2ccccc2c1)SF. The Kier molecular flexibility index (Phi) is 3.64. The molecule has 0 spiro atoms. The fourth-order valence-electron chi connectivity index (χ4n) is 1.76. The molecular weight excluding hydrogens is 237 g/mol. The van der Waals surface area contributed by atoms with E-state index >= 15 is 0 Å². The normalized spacial score (nSPS) is 12.5. The summed E-state index contributed by atoms with van der Waals surface area (Å²) < 4.78 is 12.5. The zero-order valence-corrected chi connectivity index (χ0v) is 9.91. The van der Waals surface area contributed by atoms with Gasteiger partial charge in [0.25, 0.3) is 0 Å². The van der Waals surface area contributed by atoms with Gasteiger partial charge in [-0.25, -0.2) is 0 Å². The number of carbonyl (C=O) groups excluding carboxylic acids is 1. The molecular formula is C13H12FNOS. The summed E-state index contributed by atoms with van der Waals surface area (Å²) in [4.78, 5) is 11.0. The van der Waals surface area contributed by atoms with E-state index < -0.39 is 11.2 Å². The summed E-state index contributed by atoms with van der Waals surface area (Å²) in [6.45, 7) is 0. The molecule has 2 aromatic rings. The van der Waals surface area contributed by atoms with E-state index in [2.05, 4.69) is 0 Å². The maximum atomic E-state index is 12.5. The van der Waals surface area contributed by atoms with Gasteiger partial charge in [0.2, 0.25) is 5.91 Å². The van der Waals surface area contributed by atoms with Gasteiger partial charge in [-0.05, 0) is 22.8 Å². The lowest BCUT2D eigenvalue weighted by atomic mass is 10.0. The zero-order chi connectivity index (χ0) is 12.3. The standard InChI is InChI=1S/C13H12FNOS/c14-17-12(13(15)16)8-9-5-6-10-3-1-2-4-11(10)7-9/h1-7,12H,8H2,(H2,15,16)/t12-/m0/s1. The molecule has 0 unspecified atom stereocenters. The van der Waals surface area contributed by atoms with Crippen molar-refractivity contribution < 1.29 is 8.68 Å². The number of primary amides is 1. The second kappa shape index (κ2) is 5.19. The van der Waals surface area contributed by atoms with Gasteiger partial charge in [-0.2, -0.15) is 3.89 Å². The molecule has 1 amide bonds. The van der Waals surface area contributed by atoms with Gasteiger partial charge in [0, 0.05) is 0 Å². The topological polar surface area (TPSA) is 43.1 Å². The molecule has 2 N–H and O–H groups in total. The molecule has 0 aliphatic carbocycles. The summed E-state index contributed by atoms with van der Waals surface area (Å²) >= 11 is 0.00371. The highest BCUT2D eigenvalue weighted by atomic mass is 32.2. The van der Waals surface area contributed by atoms with Gasteiger partial charge in [-0.15, -0.1) is 0 Å². The highest BCUT2D eigenvalue weighted by Gasteiger charge is 2.17. The fourth-order valence-corrected chi connectivity index (χ4v) is 2.10. The van der Waals surface area contributed by atoms with Crippen molar-refractivity contribution in [1.82, 2.24) is 0 Å². The van der Waals surface area contributed by atoms with Gasteiger partial charge in [-0.1, -0.05) is 42.5 Å². The van der Waals surface area contributed by atoms with Crippen LogP contribution in [0.5, 0.6) is 0 Å². The Morgan fingerprint density at radius 1 is 1.24 bits per heavy atom. The number of carbonyl (C=O) groups is 1. The molecule has 0 bridgehead atoms. The summed E-state index contributed by atoms with van der Waals surface area (Å²) in [5.41, 5.74) is 6.02. The van der Waals surface area contributed by atoms with E-state index in [1.165, 1.54) is 0 Å². The van der Waals surface area contributed by atoms with Crippen LogP contribution in [0.1, 0.15) is 5.56 Å². The third-order valence-corrected chi connectivity index (χ3v) is 3.27. The number of fused-ring (bicyclic) bond motifs is 1. The van der Waals surface area contributed by atoms with Crippen LogP contribution in [-0.4, -0.2) is 11.2 Å². The van der Waals surface area contributed by atoms with Crippen LogP contribution in [0.2, 0.25) is 0 Å². The van der Waals surface area contributed by atoms with E-state index in [1.54, 1.807) is 0 Å². The molecule has 0 heterocycles. The van der Waals surface area contributed by atoms with Crippen LogP contribution in [-0.2, 0) is 11.2 Å². The maximum absolute atomic E-state index is 12.5. The van der Waals surface area contributed by atoms with Crippen LogP contribution in [0.4, 0.5) is 3.89 Å². The van der Waals surface area contributed by atoms with E-state index in [0.717, 1.165) is 16.3 Å². The monoisotopic (exact) mass is 249 g/mol. The van der Waals surface area contributed by atoms with E-state index in [0.29, 0.717) is 6.42 Å². The van der Waals surface area contributed by atoms with Gasteiger partial charge in [0.1, 0.15) is 5.25 Å². The molecule has 0 saturated carbocycles. The molecule has 1 atom stereocenters. The van der Waals surface area contributed by atoms with Crippen molar-refractivity contribution >= 4 is 28.8 Å². The first-order valence-corrected chi connectivity index (χ1v) is 6.03. The molecule has 2 rings (SSSR count). The number of hydrogen-bond donors (Lipinski definition) is 1. The predicted octanol–water partition coefficient (Wildman–Crippen LogP) is 2.85. The molecule has 0 aromatic heterocycles. The van der Waals surface area contributed by atoms with Gasteiger partial charge in [0.15, 0.2) is 0 Å². The molecule has 0 aliphatic rings. The molecule has 0 fully saturated rings. The lowest BCUT2D eigenvalue weighted by Gasteiger charge is -2.08. The lowest BCUT2D eigenvalue weighted by Crippen LogP contribution is -2.26. The molecule has 2 nitrogen and oxygen atoms in total. The van der Waals surface area contributed by atoms with E-state index in [-0.39, 0.29) is 12.1 Å². The molecule has 0 saturated heterocycles. The third-order valence-electron chi connectivity index (χ3n) is 2.66. The summed E-state index contributed by atoms with van der Waals surface area (Å²) in [6, 6.07) is 13.7. The molecule has 0 radical (unpaired) electrons. The summed E-state index contributed by atoms with van der Waals surface area (Å²) in [5.74, 6) is -0.620. The largest absolute Gasteiger partial charge is 0.369 e. The van der Waals surface area contributed by atoms with Gasteiger partial charge >= 0.3 is 0 Å². The fraction of sp³-hybridized carbons (Fsp3) is 0.154. The van der Waals surface area contributed by atoms with Crippen molar-refractivity contribution in [2.75, 3.05) is 0 Å². The molecule has 17 heavy (non-hydrogen) atoms. The van der Waals surface area contributed by atoms with Crippen molar-refractivity contribution in [1.29, 1.82) is 0 Å². The number of halogens is 1. The molecule has 88 valence electrons. The Morgan fingerprint density at radius 3 is 2.59 bits per heavy atom. The first-order valence-electron chi connectivity index (χ1n) is 5.25. The third kappa shape index (κ3) is 2.77. The Bertz CT molecular complexity index is 544. The minimum Gasteiger partial charge on any atom is -0.369 e. The second-order valence-electron chi connectivity index (χ2n) is 3.87. The van der Waals surface area contributed by atoms with Crippen molar-refractivity contribution in [2.45, 2.75) is 11.7 Å². The maximum Gasteiger partial charge on any atom is 0.233 e. The Labute approximate surface area is 103 Å². The number of benzene rings is 2. The quantitative estimate of drug-likeness (QED) is 0.905. The Hall–Kier alpha value is -1.55. The summed E-state index contributed by atoms with van der Waals surface area (Å²) in [5, 5.41) is 1.40. The number of hydrogen-bond acceptors (Lipinski definition) is 2. The smallest absolute Gasteiger partial charge is 0.233 e. The molecule has 0 aliphatic heterocycles. The number of amides is 1. The number of nitrogens with two attached hydrogens (primary N) is 1. The van der Waals surface area contributed by atoms with Crippen LogP contribution in [0.25, 0.3) is 10.8 Å². The predicted molar refractivity (Wildman–Crippen MR) is 69.3 cm³/mol. The summed E-state index contributed by atoms with van der Waals surface area (Å²) in [6.07, 6.45) is 0.321. The van der Waals surface area contributed by atoms with Crippen LogP contribution in [0, 0.1) is 0 Å². The van der Waals surface area contributed by atoms with Crippen LogP contribution < -0.4 is 5.73 Å². The van der Waals surface area contributed by atoms with E-state index in [4.69, 9.17) is 5.73 Å². The van der Waals surface area contributed by atoms with Crippen molar-refractivity contribution in [2.24, 2.45) is 5.73 Å². The zero-order valence-electron chi connectivity index (χ0n) is 9.10. The molecule has 4 heteroatoms. The van der Waals surface area contributed by atoms with Crippen LogP contribution >= 0.6 is 12.1 Å². The average molecular weight is 249 g/mol. The minimum atomic E-state index is -0.809. The Morgan fingerprint density at radius 2 is 1.94 bits per heavy atom. The van der Waals surface area contributed by atoms with Crippen LogP contribution in [0.3, 0.4) is 0 Å². The van der Waals surface area contributed by atoms with Crippen molar-refractivity contribution in [3.63, 3.8) is 0 Å². The van der Waals surface area contributed by atoms with E-state index in [9.17, 15) is 8.68 Å². The average Bonchev–Trinajstić information content (AvgIpc) is 2.35. The Balaban J connectivity index is 2.27.